The van der Waals surface area contributed by atoms with Crippen molar-refractivity contribution in [3.63, 3.8) is 0 Å². The largest absolute Gasteiger partial charge is 0.493 e. The number of sulfone groups is 1. The van der Waals surface area contributed by atoms with Crippen LogP contribution in [0.5, 0.6) is 17.2 Å². The number of hydrogen-bond donors (Lipinski definition) is 1. The van der Waals surface area contributed by atoms with Crippen molar-refractivity contribution in [3.05, 3.63) is 47.5 Å². The number of carbonyl (C=O) groups is 1. The topological polar surface area (TPSA) is 105 Å². The minimum Gasteiger partial charge on any atom is -0.493 e. The highest BCUT2D eigenvalue weighted by Crippen LogP contribution is 2.42. The Balaban J connectivity index is 2.68. The number of primary amides is 1. The van der Waals surface area contributed by atoms with Gasteiger partial charge in [0.2, 0.25) is 11.7 Å². The number of nitrogens with two attached hydrogens (primary N) is 1. The molecule has 0 saturated heterocycles. The predicted molar refractivity (Wildman–Crippen MR) is 96.4 cm³/mol. The fourth-order valence-electron chi connectivity index (χ4n) is 2.61. The van der Waals surface area contributed by atoms with Gasteiger partial charge in [-0.2, -0.15) is 0 Å². The average Bonchev–Trinajstić information content (AvgIpc) is 2.60. The Bertz CT molecular complexity index is 881. The molecule has 0 aromatic heterocycles. The molecule has 8 heteroatoms. The van der Waals surface area contributed by atoms with Crippen LogP contribution in [0.1, 0.15) is 16.4 Å². The Kier molecular flexibility index (Phi) is 5.76. The lowest BCUT2D eigenvalue weighted by molar-refractivity contribution is -0.117. The van der Waals surface area contributed by atoms with Crippen LogP contribution in [0, 0.1) is 6.92 Å². The van der Waals surface area contributed by atoms with Crippen molar-refractivity contribution in [2.45, 2.75) is 17.1 Å². The fourth-order valence-corrected chi connectivity index (χ4v) is 4.20. The van der Waals surface area contributed by atoms with E-state index >= 15 is 0 Å². The van der Waals surface area contributed by atoms with Crippen LogP contribution in [-0.2, 0) is 14.6 Å². The summed E-state index contributed by atoms with van der Waals surface area (Å²) >= 11 is 0. The average molecular weight is 379 g/mol. The lowest BCUT2D eigenvalue weighted by atomic mass is 10.1. The van der Waals surface area contributed by atoms with Crippen LogP contribution in [0.15, 0.2) is 41.3 Å². The van der Waals surface area contributed by atoms with Crippen LogP contribution < -0.4 is 19.9 Å². The molecule has 2 N–H and O–H groups in total. The summed E-state index contributed by atoms with van der Waals surface area (Å²) in [4.78, 5) is 12.1. The van der Waals surface area contributed by atoms with Gasteiger partial charge in [-0.1, -0.05) is 17.7 Å². The molecule has 0 aliphatic carbocycles. The zero-order chi connectivity index (χ0) is 19.5. The molecule has 0 spiro atoms. The molecular weight excluding hydrogens is 358 g/mol. The van der Waals surface area contributed by atoms with Gasteiger partial charge in [0.25, 0.3) is 0 Å². The molecule has 0 radical (unpaired) electrons. The zero-order valence-electron chi connectivity index (χ0n) is 15.0. The highest BCUT2D eigenvalue weighted by molar-refractivity contribution is 7.92. The van der Waals surface area contributed by atoms with E-state index in [1.165, 1.54) is 45.6 Å². The van der Waals surface area contributed by atoms with Gasteiger partial charge in [0.1, 0.15) is 0 Å². The number of carbonyl (C=O) groups excluding carboxylic acids is 1. The van der Waals surface area contributed by atoms with Crippen molar-refractivity contribution in [2.24, 2.45) is 5.73 Å². The number of rotatable bonds is 7. The Morgan fingerprint density at radius 3 is 1.85 bits per heavy atom. The summed E-state index contributed by atoms with van der Waals surface area (Å²) in [6.45, 7) is 1.83. The van der Waals surface area contributed by atoms with E-state index in [1.54, 1.807) is 12.1 Å². The minimum absolute atomic E-state index is 0.000603. The number of aryl methyl sites for hydroxylation is 1. The third-order valence-electron chi connectivity index (χ3n) is 3.91. The Morgan fingerprint density at radius 1 is 0.962 bits per heavy atom. The first-order valence-electron chi connectivity index (χ1n) is 7.66. The second kappa shape index (κ2) is 7.65. The summed E-state index contributed by atoms with van der Waals surface area (Å²) in [6.07, 6.45) is 0. The molecular formula is C18H21NO6S. The van der Waals surface area contributed by atoms with E-state index in [2.05, 4.69) is 0 Å². The molecule has 0 saturated carbocycles. The predicted octanol–water partition coefficient (Wildman–Crippen LogP) is 2.02. The van der Waals surface area contributed by atoms with Gasteiger partial charge in [-0.25, -0.2) is 8.42 Å². The van der Waals surface area contributed by atoms with Crippen LogP contribution in [0.3, 0.4) is 0 Å². The quantitative estimate of drug-likeness (QED) is 0.789. The van der Waals surface area contributed by atoms with Gasteiger partial charge in [-0.3, -0.25) is 4.79 Å². The molecule has 0 aliphatic heterocycles. The van der Waals surface area contributed by atoms with E-state index in [9.17, 15) is 13.2 Å². The molecule has 0 bridgehead atoms. The maximum atomic E-state index is 13.0. The van der Waals surface area contributed by atoms with Gasteiger partial charge < -0.3 is 19.9 Å². The molecule has 0 fully saturated rings. The number of amides is 1. The fraction of sp³-hybridized carbons (Fsp3) is 0.278. The van der Waals surface area contributed by atoms with E-state index in [-0.39, 0.29) is 27.7 Å². The third kappa shape index (κ3) is 3.60. The summed E-state index contributed by atoms with van der Waals surface area (Å²) in [6, 6.07) is 9.00. The molecule has 26 heavy (non-hydrogen) atoms. The summed E-state index contributed by atoms with van der Waals surface area (Å²) < 4.78 is 41.7. The molecule has 1 amide bonds. The normalized spacial score (nSPS) is 12.3. The van der Waals surface area contributed by atoms with Gasteiger partial charge in [0.05, 0.1) is 26.2 Å². The molecule has 1 atom stereocenters. The number of methoxy groups -OCH3 is 3. The summed E-state index contributed by atoms with van der Waals surface area (Å²) in [7, 11) is 0.154. The van der Waals surface area contributed by atoms with Crippen molar-refractivity contribution in [3.8, 4) is 17.2 Å². The maximum Gasteiger partial charge on any atom is 0.240 e. The Morgan fingerprint density at radius 2 is 1.46 bits per heavy atom. The van der Waals surface area contributed by atoms with Crippen LogP contribution in [0.2, 0.25) is 0 Å². The summed E-state index contributed by atoms with van der Waals surface area (Å²) in [5, 5.41) is -1.60. The van der Waals surface area contributed by atoms with E-state index in [1.807, 2.05) is 6.92 Å². The maximum absolute atomic E-state index is 13.0. The lowest BCUT2D eigenvalue weighted by Gasteiger charge is -2.19. The van der Waals surface area contributed by atoms with Crippen LogP contribution in [-0.4, -0.2) is 35.7 Å². The number of hydrogen-bond acceptors (Lipinski definition) is 6. The van der Waals surface area contributed by atoms with Crippen LogP contribution >= 0.6 is 0 Å². The molecule has 2 aromatic rings. The van der Waals surface area contributed by atoms with Crippen LogP contribution in [0.4, 0.5) is 0 Å². The third-order valence-corrected chi connectivity index (χ3v) is 5.96. The monoisotopic (exact) mass is 379 g/mol. The number of benzene rings is 2. The highest BCUT2D eigenvalue weighted by Gasteiger charge is 2.35. The highest BCUT2D eigenvalue weighted by atomic mass is 32.2. The molecule has 0 heterocycles. The van der Waals surface area contributed by atoms with Gasteiger partial charge >= 0.3 is 0 Å². The second-order valence-electron chi connectivity index (χ2n) is 5.60. The van der Waals surface area contributed by atoms with Crippen molar-refractivity contribution >= 4 is 15.7 Å². The van der Waals surface area contributed by atoms with Crippen LogP contribution in [0.25, 0.3) is 0 Å². The van der Waals surface area contributed by atoms with Crippen molar-refractivity contribution in [2.75, 3.05) is 21.3 Å². The standard InChI is InChI=1S/C18H21NO6S/c1-11-5-7-13(8-6-11)26(21,22)17(18(19)20)12-9-14(23-2)16(25-4)15(10-12)24-3/h5-10,17H,1-4H3,(H2,19,20). The first-order valence-corrected chi connectivity index (χ1v) is 9.20. The van der Waals surface area contributed by atoms with E-state index in [4.69, 9.17) is 19.9 Å². The van der Waals surface area contributed by atoms with Crippen molar-refractivity contribution < 1.29 is 27.4 Å². The first-order chi connectivity index (χ1) is 12.3. The molecule has 0 aliphatic rings. The molecule has 1 unspecified atom stereocenters. The van der Waals surface area contributed by atoms with E-state index in [0.29, 0.717) is 0 Å². The summed E-state index contributed by atoms with van der Waals surface area (Å²) in [5.74, 6) is -0.256. The molecule has 7 nitrogen and oxygen atoms in total. The Labute approximate surface area is 152 Å². The molecule has 2 aromatic carbocycles. The van der Waals surface area contributed by atoms with Gasteiger partial charge in [-0.15, -0.1) is 0 Å². The SMILES string of the molecule is COc1cc(C(C(N)=O)S(=O)(=O)c2ccc(C)cc2)cc(OC)c1OC. The van der Waals surface area contributed by atoms with E-state index < -0.39 is 21.0 Å². The first kappa shape index (κ1) is 19.6. The van der Waals surface area contributed by atoms with Crippen molar-refractivity contribution in [1.82, 2.24) is 0 Å². The van der Waals surface area contributed by atoms with Gasteiger partial charge in [-0.05, 0) is 36.8 Å². The lowest BCUT2D eigenvalue weighted by Crippen LogP contribution is -2.28. The smallest absolute Gasteiger partial charge is 0.240 e. The van der Waals surface area contributed by atoms with Gasteiger partial charge in [0.15, 0.2) is 26.6 Å². The zero-order valence-corrected chi connectivity index (χ0v) is 15.8. The molecule has 140 valence electrons. The Hall–Kier alpha value is -2.74. The summed E-state index contributed by atoms with van der Waals surface area (Å²) in [5.41, 5.74) is 6.47. The second-order valence-corrected chi connectivity index (χ2v) is 7.63. The minimum atomic E-state index is -4.07. The van der Waals surface area contributed by atoms with Gasteiger partial charge in [0, 0.05) is 0 Å². The molecule has 2 rings (SSSR count). The number of ether oxygens (including phenoxy) is 3. The van der Waals surface area contributed by atoms with Crippen molar-refractivity contribution in [1.29, 1.82) is 0 Å². The van der Waals surface area contributed by atoms with E-state index in [0.717, 1.165) is 5.56 Å².